The Kier molecular flexibility index (Phi) is 10.6. The second kappa shape index (κ2) is 13.2. The highest BCUT2D eigenvalue weighted by molar-refractivity contribution is 7.18. The van der Waals surface area contributed by atoms with E-state index < -0.39 is 0 Å². The monoisotopic (exact) mass is 460 g/mol. The summed E-state index contributed by atoms with van der Waals surface area (Å²) in [6.07, 6.45) is 4.95. The van der Waals surface area contributed by atoms with E-state index in [0.29, 0.717) is 16.7 Å². The van der Waals surface area contributed by atoms with E-state index in [4.69, 9.17) is 4.74 Å². The van der Waals surface area contributed by atoms with Crippen LogP contribution >= 0.6 is 11.3 Å². The molecule has 1 N–H and O–H groups in total. The molecule has 1 aromatic heterocycles. The number of nitrogens with one attached hydrogen (secondary N) is 1. The third-order valence-electron chi connectivity index (χ3n) is 5.72. The first-order valence-corrected chi connectivity index (χ1v) is 12.3. The first-order chi connectivity index (χ1) is 15.4. The Morgan fingerprint density at radius 1 is 1.19 bits per heavy atom. The maximum atomic E-state index is 13.1. The van der Waals surface area contributed by atoms with Crippen molar-refractivity contribution in [3.05, 3.63) is 24.3 Å². The molecule has 0 aliphatic rings. The van der Waals surface area contributed by atoms with Gasteiger partial charge in [0.2, 0.25) is 16.9 Å². The lowest BCUT2D eigenvalue weighted by molar-refractivity contribution is -0.138. The van der Waals surface area contributed by atoms with Crippen LogP contribution in [-0.4, -0.2) is 46.6 Å². The molecule has 1 aromatic carbocycles. The summed E-state index contributed by atoms with van der Waals surface area (Å²) in [4.78, 5) is 27.6. The largest absolute Gasteiger partial charge is 0.497 e. The third-order valence-corrected chi connectivity index (χ3v) is 6.61. The van der Waals surface area contributed by atoms with Crippen LogP contribution in [0.2, 0.25) is 0 Å². The fourth-order valence-electron chi connectivity index (χ4n) is 3.51. The topological polar surface area (TPSA) is 84.4 Å². The number of nitrogens with zero attached hydrogens (tertiary/aromatic N) is 3. The lowest BCUT2D eigenvalue weighted by Gasteiger charge is -2.32. The minimum atomic E-state index is -0.166. The summed E-state index contributed by atoms with van der Waals surface area (Å²) in [6, 6.07) is 7.66. The summed E-state index contributed by atoms with van der Waals surface area (Å²) < 4.78 is 5.25. The number of amides is 2. The first kappa shape index (κ1) is 25.8. The third kappa shape index (κ3) is 7.29. The lowest BCUT2D eigenvalue weighted by Crippen LogP contribution is -2.43. The van der Waals surface area contributed by atoms with Crippen LogP contribution in [0, 0.1) is 5.92 Å². The van der Waals surface area contributed by atoms with Crippen molar-refractivity contribution in [2.45, 2.75) is 72.3 Å². The Bertz CT molecular complexity index is 870. The van der Waals surface area contributed by atoms with E-state index in [-0.39, 0.29) is 30.2 Å². The van der Waals surface area contributed by atoms with Gasteiger partial charge in [0.1, 0.15) is 10.8 Å². The van der Waals surface area contributed by atoms with E-state index in [1.54, 1.807) is 7.11 Å². The average molecular weight is 461 g/mol. The lowest BCUT2D eigenvalue weighted by atomic mass is 9.96. The van der Waals surface area contributed by atoms with Crippen LogP contribution in [0.5, 0.6) is 5.75 Å². The molecule has 1 heterocycles. The number of methoxy groups -OCH3 is 1. The summed E-state index contributed by atoms with van der Waals surface area (Å²) in [5.74, 6) is 0.767. The van der Waals surface area contributed by atoms with Gasteiger partial charge < -0.3 is 15.0 Å². The predicted octanol–water partition coefficient (Wildman–Crippen LogP) is 5.39. The number of ether oxygens (including phenoxy) is 1. The number of hydrogen-bond acceptors (Lipinski definition) is 6. The van der Waals surface area contributed by atoms with Crippen molar-refractivity contribution in [1.29, 1.82) is 0 Å². The molecule has 0 radical (unpaired) electrons. The maximum Gasteiger partial charge on any atom is 0.227 e. The van der Waals surface area contributed by atoms with E-state index in [1.165, 1.54) is 11.3 Å². The van der Waals surface area contributed by atoms with Gasteiger partial charge in [-0.25, -0.2) is 0 Å². The second-order valence-corrected chi connectivity index (χ2v) is 8.96. The van der Waals surface area contributed by atoms with Crippen LogP contribution in [0.4, 0.5) is 5.13 Å². The summed E-state index contributed by atoms with van der Waals surface area (Å²) in [6.45, 7) is 8.73. The van der Waals surface area contributed by atoms with Crippen LogP contribution < -0.4 is 10.1 Å². The van der Waals surface area contributed by atoms with Gasteiger partial charge in [-0.15, -0.1) is 10.2 Å². The van der Waals surface area contributed by atoms with Crippen LogP contribution in [0.1, 0.15) is 66.2 Å². The molecule has 2 aromatic rings. The Hall–Kier alpha value is -2.48. The first-order valence-electron chi connectivity index (χ1n) is 11.5. The molecule has 0 saturated carbocycles. The number of carbonyl (C=O) groups is 2. The highest BCUT2D eigenvalue weighted by atomic mass is 32.1. The zero-order valence-corrected chi connectivity index (χ0v) is 20.7. The molecule has 2 atom stereocenters. The van der Waals surface area contributed by atoms with E-state index in [2.05, 4.69) is 36.3 Å². The van der Waals surface area contributed by atoms with Crippen molar-refractivity contribution >= 4 is 28.3 Å². The minimum Gasteiger partial charge on any atom is -0.497 e. The Morgan fingerprint density at radius 2 is 1.97 bits per heavy atom. The van der Waals surface area contributed by atoms with E-state index in [0.717, 1.165) is 43.4 Å². The minimum absolute atomic E-state index is 0.0283. The zero-order chi connectivity index (χ0) is 23.5. The normalized spacial score (nSPS) is 12.8. The second-order valence-electron chi connectivity index (χ2n) is 7.98. The fraction of sp³-hybridized carbons (Fsp3) is 0.583. The molecule has 0 spiro atoms. The molecule has 2 unspecified atom stereocenters. The van der Waals surface area contributed by atoms with E-state index in [1.807, 2.05) is 36.1 Å². The summed E-state index contributed by atoms with van der Waals surface area (Å²) in [5.41, 5.74) is 0.883. The number of rotatable bonds is 13. The summed E-state index contributed by atoms with van der Waals surface area (Å²) >= 11 is 1.31. The van der Waals surface area contributed by atoms with Crippen molar-refractivity contribution in [2.75, 3.05) is 19.0 Å². The number of benzene rings is 1. The molecule has 2 rings (SSSR count). The maximum absolute atomic E-state index is 13.1. The van der Waals surface area contributed by atoms with Crippen molar-refractivity contribution < 1.29 is 14.3 Å². The smallest absolute Gasteiger partial charge is 0.227 e. The molecule has 176 valence electrons. The summed E-state index contributed by atoms with van der Waals surface area (Å²) in [7, 11) is 1.62. The number of carbonyl (C=O) groups excluding carboxylic acids is 2. The number of hydrogen-bond donors (Lipinski definition) is 1. The highest BCUT2D eigenvalue weighted by Crippen LogP contribution is 2.28. The molecule has 0 saturated heterocycles. The van der Waals surface area contributed by atoms with Gasteiger partial charge in [0.15, 0.2) is 0 Å². The quantitative estimate of drug-likeness (QED) is 0.433. The molecule has 0 aliphatic heterocycles. The van der Waals surface area contributed by atoms with Gasteiger partial charge in [0.05, 0.1) is 7.11 Å². The molecule has 7 nitrogen and oxygen atoms in total. The molecule has 0 aliphatic carbocycles. The van der Waals surface area contributed by atoms with Gasteiger partial charge in [-0.3, -0.25) is 9.59 Å². The van der Waals surface area contributed by atoms with Crippen molar-refractivity contribution in [2.24, 2.45) is 5.92 Å². The predicted molar refractivity (Wildman–Crippen MR) is 130 cm³/mol. The van der Waals surface area contributed by atoms with Crippen LogP contribution in [0.3, 0.4) is 0 Å². The van der Waals surface area contributed by atoms with Gasteiger partial charge in [-0.1, -0.05) is 57.1 Å². The van der Waals surface area contributed by atoms with Crippen molar-refractivity contribution in [3.8, 4) is 16.3 Å². The molecule has 32 heavy (non-hydrogen) atoms. The Morgan fingerprint density at radius 3 is 2.62 bits per heavy atom. The van der Waals surface area contributed by atoms with Crippen LogP contribution in [0.15, 0.2) is 24.3 Å². The fourth-order valence-corrected chi connectivity index (χ4v) is 4.26. The standard InChI is InChI=1S/C24H36N4O3S/c1-6-9-11-18(8-3)23(30)28(17(4)7-2)15-14-21(29)25-24-27-26-22(32-24)19-12-10-13-20(16-19)31-5/h10,12-13,16-18H,6-9,11,14-15H2,1-5H3,(H,25,27,29). The van der Waals surface area contributed by atoms with Crippen molar-refractivity contribution in [3.63, 3.8) is 0 Å². The molecular weight excluding hydrogens is 424 g/mol. The van der Waals surface area contributed by atoms with Crippen LogP contribution in [-0.2, 0) is 9.59 Å². The number of anilines is 1. The Balaban J connectivity index is 1.98. The zero-order valence-electron chi connectivity index (χ0n) is 19.9. The van der Waals surface area contributed by atoms with Gasteiger partial charge in [0.25, 0.3) is 0 Å². The number of unbranched alkanes of at least 4 members (excludes halogenated alkanes) is 1. The molecular formula is C24H36N4O3S. The molecule has 0 bridgehead atoms. The number of aromatic nitrogens is 2. The van der Waals surface area contributed by atoms with Gasteiger partial charge in [-0.05, 0) is 38.3 Å². The summed E-state index contributed by atoms with van der Waals surface area (Å²) in [5, 5.41) is 12.2. The van der Waals surface area contributed by atoms with E-state index in [9.17, 15) is 9.59 Å². The Labute approximate surface area is 195 Å². The van der Waals surface area contributed by atoms with Crippen molar-refractivity contribution in [1.82, 2.24) is 15.1 Å². The average Bonchev–Trinajstić information content (AvgIpc) is 3.27. The van der Waals surface area contributed by atoms with E-state index >= 15 is 0 Å². The van der Waals surface area contributed by atoms with Crippen LogP contribution in [0.25, 0.3) is 10.6 Å². The van der Waals surface area contributed by atoms with Gasteiger partial charge >= 0.3 is 0 Å². The van der Waals surface area contributed by atoms with Gasteiger partial charge in [-0.2, -0.15) is 0 Å². The molecule has 2 amide bonds. The SMILES string of the molecule is CCCCC(CC)C(=O)N(CCC(=O)Nc1nnc(-c2cccc(OC)c2)s1)C(C)CC. The molecule has 8 heteroatoms. The highest BCUT2D eigenvalue weighted by Gasteiger charge is 2.26. The van der Waals surface area contributed by atoms with Gasteiger partial charge in [0, 0.05) is 30.5 Å². The molecule has 0 fully saturated rings.